The molecule has 3 rings (SSSR count). The summed E-state index contributed by atoms with van der Waals surface area (Å²) in [5, 5.41) is 2.93. The van der Waals surface area contributed by atoms with Crippen LogP contribution in [0.5, 0.6) is 5.75 Å². The van der Waals surface area contributed by atoms with E-state index in [2.05, 4.69) is 25.2 Å². The predicted molar refractivity (Wildman–Crippen MR) is 99.2 cm³/mol. The van der Waals surface area contributed by atoms with Crippen molar-refractivity contribution in [1.82, 2.24) is 0 Å². The summed E-state index contributed by atoms with van der Waals surface area (Å²) >= 11 is 1.32. The van der Waals surface area contributed by atoms with E-state index in [1.54, 1.807) is 0 Å². The van der Waals surface area contributed by atoms with Gasteiger partial charge in [-0.2, -0.15) is 0 Å². The highest BCUT2D eigenvalue weighted by Crippen LogP contribution is 2.48. The third kappa shape index (κ3) is 3.32. The number of hydrogen-bond acceptors (Lipinski definition) is 4. The Morgan fingerprint density at radius 2 is 2.04 bits per heavy atom. The van der Waals surface area contributed by atoms with E-state index in [4.69, 9.17) is 16.2 Å². The molecule has 1 aliphatic rings. The number of urea groups is 1. The number of anilines is 1. The molecule has 0 fully saturated rings. The number of aryl methyl sites for hydroxylation is 1. The minimum Gasteiger partial charge on any atom is -0.493 e. The molecule has 0 spiro atoms. The van der Waals surface area contributed by atoms with Crippen LogP contribution in [0.2, 0.25) is 0 Å². The van der Waals surface area contributed by atoms with Crippen molar-refractivity contribution in [1.29, 1.82) is 0 Å². The molecule has 7 heteroatoms. The van der Waals surface area contributed by atoms with Crippen molar-refractivity contribution >= 4 is 28.3 Å². The number of primary amides is 2. The number of rotatable bonds is 5. The lowest BCUT2D eigenvalue weighted by molar-refractivity contribution is 0.100. The zero-order valence-corrected chi connectivity index (χ0v) is 15.0. The van der Waals surface area contributed by atoms with Crippen LogP contribution in [0, 0.1) is 5.92 Å². The number of hydrogen-bond donors (Lipinski definition) is 3. The Morgan fingerprint density at radius 3 is 2.68 bits per heavy atom. The second kappa shape index (κ2) is 6.76. The normalized spacial score (nSPS) is 12.4. The Bertz CT molecular complexity index is 842. The summed E-state index contributed by atoms with van der Waals surface area (Å²) in [7, 11) is 0. The van der Waals surface area contributed by atoms with E-state index in [1.807, 2.05) is 12.1 Å². The van der Waals surface area contributed by atoms with Crippen molar-refractivity contribution in [3.05, 3.63) is 34.9 Å². The molecule has 0 saturated heterocycles. The second-order valence-electron chi connectivity index (χ2n) is 6.46. The lowest BCUT2D eigenvalue weighted by Gasteiger charge is -2.21. The monoisotopic (exact) mass is 359 g/mol. The maximum absolute atomic E-state index is 12.0. The van der Waals surface area contributed by atoms with Crippen molar-refractivity contribution in [2.24, 2.45) is 17.4 Å². The number of thiophene rings is 1. The molecule has 25 heavy (non-hydrogen) atoms. The van der Waals surface area contributed by atoms with Crippen LogP contribution in [-0.4, -0.2) is 18.5 Å². The van der Waals surface area contributed by atoms with Gasteiger partial charge < -0.3 is 16.2 Å². The molecule has 0 bridgehead atoms. The minimum absolute atomic E-state index is 0.350. The van der Waals surface area contributed by atoms with Gasteiger partial charge in [0.05, 0.1) is 12.2 Å². The maximum Gasteiger partial charge on any atom is 0.317 e. The van der Waals surface area contributed by atoms with Gasteiger partial charge >= 0.3 is 6.03 Å². The number of nitrogens with one attached hydrogen (secondary N) is 1. The molecular weight excluding hydrogens is 338 g/mol. The molecule has 132 valence electrons. The van der Waals surface area contributed by atoms with E-state index in [9.17, 15) is 9.59 Å². The Kier molecular flexibility index (Phi) is 4.67. The Morgan fingerprint density at radius 1 is 1.28 bits per heavy atom. The van der Waals surface area contributed by atoms with Gasteiger partial charge in [0.1, 0.15) is 10.8 Å². The molecule has 1 aliphatic carbocycles. The summed E-state index contributed by atoms with van der Waals surface area (Å²) in [5.74, 6) is 0.621. The number of nitrogens with two attached hydrogens (primary N) is 2. The molecule has 0 saturated carbocycles. The van der Waals surface area contributed by atoms with Crippen LogP contribution in [0.1, 0.15) is 35.3 Å². The molecule has 5 N–H and O–H groups in total. The molecule has 2 aromatic rings. The highest BCUT2D eigenvalue weighted by molar-refractivity contribution is 7.20. The zero-order valence-electron chi connectivity index (χ0n) is 14.2. The number of carbonyl (C=O) groups is 2. The van der Waals surface area contributed by atoms with E-state index < -0.39 is 11.9 Å². The first-order valence-electron chi connectivity index (χ1n) is 8.15. The summed E-state index contributed by atoms with van der Waals surface area (Å²) in [6, 6.07) is 5.25. The fourth-order valence-corrected chi connectivity index (χ4v) is 4.39. The van der Waals surface area contributed by atoms with Gasteiger partial charge in [-0.05, 0) is 36.0 Å². The zero-order chi connectivity index (χ0) is 18.1. The summed E-state index contributed by atoms with van der Waals surface area (Å²) < 4.78 is 5.99. The van der Waals surface area contributed by atoms with Crippen LogP contribution in [0.4, 0.5) is 9.80 Å². The summed E-state index contributed by atoms with van der Waals surface area (Å²) in [6.45, 7) is 4.78. The van der Waals surface area contributed by atoms with Gasteiger partial charge in [-0.3, -0.25) is 10.1 Å². The van der Waals surface area contributed by atoms with E-state index in [0.717, 1.165) is 33.7 Å². The highest BCUT2D eigenvalue weighted by atomic mass is 32.1. The molecule has 0 radical (unpaired) electrons. The molecule has 3 amide bonds. The van der Waals surface area contributed by atoms with Gasteiger partial charge in [-0.15, -0.1) is 11.3 Å². The van der Waals surface area contributed by atoms with Crippen molar-refractivity contribution < 1.29 is 14.3 Å². The first-order chi connectivity index (χ1) is 11.9. The number of carbonyl (C=O) groups excluding carboxylic acids is 2. The number of benzene rings is 1. The van der Waals surface area contributed by atoms with Gasteiger partial charge in [0.15, 0.2) is 0 Å². The van der Waals surface area contributed by atoms with Crippen LogP contribution in [0.25, 0.3) is 10.4 Å². The average Bonchev–Trinajstić information content (AvgIpc) is 2.89. The number of fused-ring (bicyclic) bond motifs is 3. The topological polar surface area (TPSA) is 107 Å². The van der Waals surface area contributed by atoms with Crippen molar-refractivity contribution in [2.75, 3.05) is 11.9 Å². The summed E-state index contributed by atoms with van der Waals surface area (Å²) in [6.07, 6.45) is 1.47. The van der Waals surface area contributed by atoms with Gasteiger partial charge in [0.25, 0.3) is 5.91 Å². The van der Waals surface area contributed by atoms with Crippen LogP contribution < -0.4 is 21.5 Å². The van der Waals surface area contributed by atoms with Crippen molar-refractivity contribution in [3.63, 3.8) is 0 Å². The fraction of sp³-hybridized carbons (Fsp3) is 0.333. The van der Waals surface area contributed by atoms with E-state index in [0.29, 0.717) is 29.5 Å². The first-order valence-corrected chi connectivity index (χ1v) is 8.97. The van der Waals surface area contributed by atoms with Gasteiger partial charge in [0.2, 0.25) is 0 Å². The quantitative estimate of drug-likeness (QED) is 0.763. The summed E-state index contributed by atoms with van der Waals surface area (Å²) in [5.41, 5.74) is 14.1. The van der Waals surface area contributed by atoms with Gasteiger partial charge in [-0.25, -0.2) is 4.79 Å². The first kappa shape index (κ1) is 17.3. The number of ether oxygens (including phenoxy) is 1. The van der Waals surface area contributed by atoms with E-state index in [1.165, 1.54) is 11.3 Å². The SMILES string of the molecule is CC(C)COc1cccc2c1-c1sc(NC(N)=O)c(C(N)=O)c1CC2. The van der Waals surface area contributed by atoms with E-state index in [-0.39, 0.29) is 0 Å². The van der Waals surface area contributed by atoms with Crippen LogP contribution in [-0.2, 0) is 12.8 Å². The molecule has 1 aromatic carbocycles. The second-order valence-corrected chi connectivity index (χ2v) is 7.48. The standard InChI is InChI=1S/C18H21N3O3S/c1-9(2)8-24-12-5-3-4-10-6-7-11-14(16(19)22)17(21-18(20)23)25-15(11)13(10)12/h3-5,9H,6-8H2,1-2H3,(H2,19,22)(H3,20,21,23). The fourth-order valence-electron chi connectivity index (χ4n) is 3.05. The largest absolute Gasteiger partial charge is 0.493 e. The molecule has 6 nitrogen and oxygen atoms in total. The summed E-state index contributed by atoms with van der Waals surface area (Å²) in [4.78, 5) is 24.2. The predicted octanol–water partition coefficient (Wildman–Crippen LogP) is 3.14. The third-order valence-electron chi connectivity index (χ3n) is 4.05. The van der Waals surface area contributed by atoms with Crippen molar-refractivity contribution in [3.8, 4) is 16.2 Å². The average molecular weight is 359 g/mol. The molecule has 0 atom stereocenters. The maximum atomic E-state index is 12.0. The molecule has 1 aromatic heterocycles. The van der Waals surface area contributed by atoms with Crippen molar-refractivity contribution in [2.45, 2.75) is 26.7 Å². The van der Waals surface area contributed by atoms with Crippen LogP contribution >= 0.6 is 11.3 Å². The highest BCUT2D eigenvalue weighted by Gasteiger charge is 2.29. The Balaban J connectivity index is 2.14. The number of amides is 3. The molecule has 0 aliphatic heterocycles. The van der Waals surface area contributed by atoms with Crippen LogP contribution in [0.3, 0.4) is 0 Å². The van der Waals surface area contributed by atoms with Crippen LogP contribution in [0.15, 0.2) is 18.2 Å². The lowest BCUT2D eigenvalue weighted by Crippen LogP contribution is -2.22. The van der Waals surface area contributed by atoms with Gasteiger partial charge in [0, 0.05) is 10.4 Å². The van der Waals surface area contributed by atoms with E-state index >= 15 is 0 Å². The Hall–Kier alpha value is -2.54. The minimum atomic E-state index is -0.717. The third-order valence-corrected chi connectivity index (χ3v) is 5.21. The lowest BCUT2D eigenvalue weighted by atomic mass is 9.88. The molecule has 1 heterocycles. The molecule has 0 unspecified atom stereocenters. The smallest absolute Gasteiger partial charge is 0.317 e. The molecular formula is C18H21N3O3S. The Labute approximate surface area is 150 Å². The van der Waals surface area contributed by atoms with Gasteiger partial charge in [-0.1, -0.05) is 26.0 Å².